The lowest BCUT2D eigenvalue weighted by Crippen LogP contribution is -2.37. The molecule has 1 atom stereocenters. The number of aromatic nitrogens is 6. The zero-order chi connectivity index (χ0) is 24.9. The second-order valence-corrected chi connectivity index (χ2v) is 8.74. The van der Waals surface area contributed by atoms with Gasteiger partial charge in [0.25, 0.3) is 0 Å². The highest BCUT2D eigenvalue weighted by Crippen LogP contribution is 2.25. The molecule has 0 radical (unpaired) electrons. The molecule has 1 aliphatic rings. The van der Waals surface area contributed by atoms with Crippen LogP contribution in [0.25, 0.3) is 17.1 Å². The summed E-state index contributed by atoms with van der Waals surface area (Å²) in [5.74, 6) is 1.45. The van der Waals surface area contributed by atoms with Crippen LogP contribution in [0.2, 0.25) is 0 Å². The summed E-state index contributed by atoms with van der Waals surface area (Å²) in [6, 6.07) is 12.5. The number of methoxy groups -OCH3 is 1. The van der Waals surface area contributed by atoms with Crippen molar-refractivity contribution in [3.8, 4) is 23.1 Å². The third-order valence-corrected chi connectivity index (χ3v) is 6.22. The molecule has 1 fully saturated rings. The molecule has 4 heterocycles. The van der Waals surface area contributed by atoms with Crippen LogP contribution < -0.4 is 9.64 Å². The van der Waals surface area contributed by atoms with Crippen molar-refractivity contribution in [2.45, 2.75) is 19.4 Å². The van der Waals surface area contributed by atoms with Gasteiger partial charge in [-0.15, -0.1) is 0 Å². The van der Waals surface area contributed by atoms with E-state index in [0.717, 1.165) is 47.7 Å². The zero-order valence-electron chi connectivity index (χ0n) is 20.9. The van der Waals surface area contributed by atoms with Gasteiger partial charge in [0.05, 0.1) is 37.8 Å². The normalized spacial score (nSPS) is 14.7. The number of nitrogens with zero attached hydrogens (tertiary/aromatic N) is 7. The second-order valence-electron chi connectivity index (χ2n) is 8.74. The largest absolute Gasteiger partial charge is 0.463 e. The van der Waals surface area contributed by atoms with Crippen LogP contribution in [-0.4, -0.2) is 69.5 Å². The number of morpholine rings is 1. The average molecular weight is 490 g/mol. The molecular weight excluding hydrogens is 458 g/mol. The van der Waals surface area contributed by atoms with E-state index < -0.39 is 0 Å². The number of benzene rings is 1. The number of anilines is 1. The molecule has 0 unspecified atom stereocenters. The van der Waals surface area contributed by atoms with Gasteiger partial charge in [-0.3, -0.25) is 4.68 Å². The zero-order valence-corrected chi connectivity index (χ0v) is 20.9. The predicted octanol–water partition coefficient (Wildman–Crippen LogP) is 3.23. The van der Waals surface area contributed by atoms with Gasteiger partial charge in [-0.2, -0.15) is 20.2 Å². The van der Waals surface area contributed by atoms with E-state index in [-0.39, 0.29) is 6.10 Å². The molecule has 5 rings (SSSR count). The Morgan fingerprint density at radius 1 is 1.08 bits per heavy atom. The molecule has 10 heteroatoms. The van der Waals surface area contributed by atoms with Gasteiger partial charge < -0.3 is 19.1 Å². The Hall–Kier alpha value is -3.76. The van der Waals surface area contributed by atoms with Crippen molar-refractivity contribution in [2.75, 3.05) is 44.9 Å². The van der Waals surface area contributed by atoms with E-state index in [1.807, 2.05) is 56.8 Å². The van der Waals surface area contributed by atoms with Crippen LogP contribution in [0.1, 0.15) is 24.2 Å². The molecule has 3 aromatic heterocycles. The monoisotopic (exact) mass is 489 g/mol. The van der Waals surface area contributed by atoms with E-state index in [1.165, 1.54) is 0 Å². The number of aryl methyl sites for hydroxylation is 1. The molecule has 1 aliphatic heterocycles. The third kappa shape index (κ3) is 5.55. The summed E-state index contributed by atoms with van der Waals surface area (Å²) in [5, 5.41) is 9.02. The van der Waals surface area contributed by atoms with Crippen molar-refractivity contribution in [1.29, 1.82) is 0 Å². The van der Waals surface area contributed by atoms with Gasteiger partial charge in [-0.1, -0.05) is 18.2 Å². The lowest BCUT2D eigenvalue weighted by Gasteiger charge is -2.28. The molecule has 36 heavy (non-hydrogen) atoms. The average Bonchev–Trinajstić information content (AvgIpc) is 3.58. The van der Waals surface area contributed by atoms with Crippen LogP contribution in [0.15, 0.2) is 55.0 Å². The highest BCUT2D eigenvalue weighted by molar-refractivity contribution is 5.60. The first-order valence-corrected chi connectivity index (χ1v) is 12.1. The van der Waals surface area contributed by atoms with Gasteiger partial charge in [-0.05, 0) is 30.2 Å². The fraction of sp³-hybridized carbons (Fsp3) is 0.385. The minimum absolute atomic E-state index is 0.0105. The van der Waals surface area contributed by atoms with Crippen molar-refractivity contribution < 1.29 is 14.2 Å². The molecule has 0 N–H and O–H groups in total. The van der Waals surface area contributed by atoms with Crippen LogP contribution in [0.3, 0.4) is 0 Å². The third-order valence-electron chi connectivity index (χ3n) is 6.22. The molecule has 0 spiro atoms. The maximum atomic E-state index is 5.99. The van der Waals surface area contributed by atoms with Crippen molar-refractivity contribution in [2.24, 2.45) is 7.05 Å². The van der Waals surface area contributed by atoms with Crippen LogP contribution in [0, 0.1) is 0 Å². The predicted molar refractivity (Wildman–Crippen MR) is 135 cm³/mol. The summed E-state index contributed by atoms with van der Waals surface area (Å²) < 4.78 is 20.5. The Morgan fingerprint density at radius 2 is 1.92 bits per heavy atom. The van der Waals surface area contributed by atoms with E-state index in [0.29, 0.717) is 31.6 Å². The summed E-state index contributed by atoms with van der Waals surface area (Å²) in [6.07, 6.45) is 6.46. The maximum absolute atomic E-state index is 5.99. The van der Waals surface area contributed by atoms with Crippen LogP contribution in [0.4, 0.5) is 5.82 Å². The Morgan fingerprint density at radius 3 is 2.69 bits per heavy atom. The molecule has 10 nitrogen and oxygen atoms in total. The first-order valence-electron chi connectivity index (χ1n) is 12.1. The Kier molecular flexibility index (Phi) is 7.24. The minimum Gasteiger partial charge on any atom is -0.463 e. The van der Waals surface area contributed by atoms with Gasteiger partial charge in [-0.25, -0.2) is 4.68 Å². The van der Waals surface area contributed by atoms with Crippen molar-refractivity contribution >= 4 is 5.82 Å². The first kappa shape index (κ1) is 24.0. The summed E-state index contributed by atoms with van der Waals surface area (Å²) in [7, 11) is 3.61. The molecule has 1 saturated heterocycles. The molecule has 0 aliphatic carbocycles. The van der Waals surface area contributed by atoms with Crippen molar-refractivity contribution in [1.82, 2.24) is 29.5 Å². The quantitative estimate of drug-likeness (QED) is 0.354. The topological polar surface area (TPSA) is 92.3 Å². The van der Waals surface area contributed by atoms with Gasteiger partial charge in [0, 0.05) is 57.7 Å². The number of rotatable bonds is 9. The standard InChI is InChI=1S/C26H31N7O3/c1-19(34-3)21-5-4-6-22(15-21)23-7-9-33(30-23)25-16-24(32-10-13-35-14-11-32)28-26(29-25)36-12-8-20-17-27-31(2)18-20/h4-7,9,15-19H,8,10-14H2,1-3H3/t19-/m0/s1. The van der Waals surface area contributed by atoms with E-state index in [4.69, 9.17) is 19.3 Å². The van der Waals surface area contributed by atoms with Gasteiger partial charge >= 0.3 is 6.01 Å². The molecule has 0 bridgehead atoms. The van der Waals surface area contributed by atoms with Crippen LogP contribution >= 0.6 is 0 Å². The van der Waals surface area contributed by atoms with Crippen LogP contribution in [-0.2, 0) is 22.9 Å². The maximum Gasteiger partial charge on any atom is 0.320 e. The van der Waals surface area contributed by atoms with Crippen LogP contribution in [0.5, 0.6) is 6.01 Å². The van der Waals surface area contributed by atoms with Gasteiger partial charge in [0.1, 0.15) is 5.82 Å². The number of ether oxygens (including phenoxy) is 3. The summed E-state index contributed by atoms with van der Waals surface area (Å²) >= 11 is 0. The number of hydrogen-bond acceptors (Lipinski definition) is 8. The van der Waals surface area contributed by atoms with Crippen molar-refractivity contribution in [3.63, 3.8) is 0 Å². The highest BCUT2D eigenvalue weighted by Gasteiger charge is 2.17. The SMILES string of the molecule is CO[C@@H](C)c1cccc(-c2ccn(-c3cc(N4CCOCC4)nc(OCCc4cnn(C)c4)n3)n2)c1. The second kappa shape index (κ2) is 10.9. The molecule has 0 amide bonds. The van der Waals surface area contributed by atoms with Crippen molar-refractivity contribution in [3.05, 3.63) is 66.1 Å². The van der Waals surface area contributed by atoms with Gasteiger partial charge in [0.2, 0.25) is 0 Å². The van der Waals surface area contributed by atoms with E-state index >= 15 is 0 Å². The van der Waals surface area contributed by atoms with E-state index in [1.54, 1.807) is 16.5 Å². The lowest BCUT2D eigenvalue weighted by molar-refractivity contribution is 0.119. The summed E-state index contributed by atoms with van der Waals surface area (Å²) in [6.45, 7) is 5.34. The summed E-state index contributed by atoms with van der Waals surface area (Å²) in [5.41, 5.74) is 4.07. The fourth-order valence-corrected chi connectivity index (χ4v) is 4.09. The molecule has 1 aromatic carbocycles. The first-order chi connectivity index (χ1) is 17.6. The molecule has 0 saturated carbocycles. The number of hydrogen-bond donors (Lipinski definition) is 0. The van der Waals surface area contributed by atoms with E-state index in [9.17, 15) is 0 Å². The Balaban J connectivity index is 1.40. The Bertz CT molecular complexity index is 1300. The summed E-state index contributed by atoms with van der Waals surface area (Å²) in [4.78, 5) is 11.5. The smallest absolute Gasteiger partial charge is 0.320 e. The highest BCUT2D eigenvalue weighted by atomic mass is 16.5. The molecule has 4 aromatic rings. The lowest BCUT2D eigenvalue weighted by atomic mass is 10.1. The van der Waals surface area contributed by atoms with E-state index in [2.05, 4.69) is 32.1 Å². The molecule has 188 valence electrons. The molecular formula is C26H31N7O3. The Labute approximate surface area is 210 Å². The minimum atomic E-state index is 0.0105. The fourth-order valence-electron chi connectivity index (χ4n) is 4.09. The van der Waals surface area contributed by atoms with Gasteiger partial charge in [0.15, 0.2) is 5.82 Å².